The van der Waals surface area contributed by atoms with Gasteiger partial charge in [0, 0.05) is 5.56 Å². The van der Waals surface area contributed by atoms with Gasteiger partial charge in [0.05, 0.1) is 20.3 Å². The van der Waals surface area contributed by atoms with Gasteiger partial charge in [-0.25, -0.2) is 0 Å². The van der Waals surface area contributed by atoms with Gasteiger partial charge in [-0.15, -0.1) is 0 Å². The van der Waals surface area contributed by atoms with Crippen LogP contribution in [0.2, 0.25) is 0 Å². The average molecular weight is 360 g/mol. The lowest BCUT2D eigenvalue weighted by atomic mass is 9.99. The monoisotopic (exact) mass is 360 g/mol. The van der Waals surface area contributed by atoms with Gasteiger partial charge in [0.25, 0.3) is 0 Å². The van der Waals surface area contributed by atoms with Gasteiger partial charge in [0.2, 0.25) is 0 Å². The first-order valence-electron chi connectivity index (χ1n) is 7.81. The second-order valence-electron chi connectivity index (χ2n) is 5.78. The fraction of sp³-hybridized carbons (Fsp3) is 0.625. The minimum atomic E-state index is -1.68. The van der Waals surface area contributed by atoms with Crippen LogP contribution in [0.15, 0.2) is 24.3 Å². The molecule has 1 saturated heterocycles. The topological polar surface area (TPSA) is 149 Å². The summed E-state index contributed by atoms with van der Waals surface area (Å²) in [7, 11) is 1.45. The number of aliphatic hydroxyl groups is 6. The van der Waals surface area contributed by atoms with Crippen molar-refractivity contribution < 1.29 is 44.8 Å². The van der Waals surface area contributed by atoms with Crippen LogP contribution in [-0.4, -0.2) is 87.8 Å². The summed E-state index contributed by atoms with van der Waals surface area (Å²) in [4.78, 5) is 0. The Balaban J connectivity index is 2.02. The first-order chi connectivity index (χ1) is 11.9. The molecule has 142 valence electrons. The Morgan fingerprint density at radius 3 is 2.40 bits per heavy atom. The van der Waals surface area contributed by atoms with Crippen LogP contribution in [0.1, 0.15) is 11.7 Å². The molecule has 0 aliphatic carbocycles. The number of para-hydroxylation sites is 1. The fourth-order valence-corrected chi connectivity index (χ4v) is 2.64. The normalized spacial score (nSPS) is 32.2. The predicted molar refractivity (Wildman–Crippen MR) is 83.7 cm³/mol. The molecule has 0 radical (unpaired) electrons. The molecule has 2 rings (SSSR count). The molecule has 6 N–H and O–H groups in total. The first kappa shape index (κ1) is 20.0. The SMILES string of the molecule is COc1ccccc1C(O)C(CO)OCC1OC(O)C(O)[C@H](O)[C@@H]1O. The third-order valence-corrected chi connectivity index (χ3v) is 4.15. The third-order valence-electron chi connectivity index (χ3n) is 4.15. The molecule has 0 bridgehead atoms. The zero-order valence-electron chi connectivity index (χ0n) is 13.7. The molecule has 1 fully saturated rings. The number of hydrogen-bond acceptors (Lipinski definition) is 9. The Morgan fingerprint density at radius 1 is 1.08 bits per heavy atom. The molecule has 25 heavy (non-hydrogen) atoms. The zero-order valence-corrected chi connectivity index (χ0v) is 13.7. The number of hydrogen-bond donors (Lipinski definition) is 6. The highest BCUT2D eigenvalue weighted by atomic mass is 16.6. The number of ether oxygens (including phenoxy) is 3. The molecule has 0 spiro atoms. The van der Waals surface area contributed by atoms with Gasteiger partial charge in [-0.1, -0.05) is 18.2 Å². The minimum absolute atomic E-state index is 0.334. The summed E-state index contributed by atoms with van der Waals surface area (Å²) in [6.07, 6.45) is -9.86. The van der Waals surface area contributed by atoms with Crippen molar-refractivity contribution in [1.82, 2.24) is 0 Å². The molecule has 9 heteroatoms. The van der Waals surface area contributed by atoms with Gasteiger partial charge in [-0.05, 0) is 6.07 Å². The summed E-state index contributed by atoms with van der Waals surface area (Å²) < 4.78 is 15.6. The highest BCUT2D eigenvalue weighted by Gasteiger charge is 2.43. The second kappa shape index (κ2) is 8.88. The Bertz CT molecular complexity index is 540. The summed E-state index contributed by atoms with van der Waals surface area (Å²) in [5.74, 6) is 0.417. The van der Waals surface area contributed by atoms with Crippen molar-refractivity contribution >= 4 is 0 Å². The van der Waals surface area contributed by atoms with Crippen LogP contribution < -0.4 is 4.74 Å². The molecular weight excluding hydrogens is 336 g/mol. The van der Waals surface area contributed by atoms with E-state index < -0.39 is 49.5 Å². The minimum Gasteiger partial charge on any atom is -0.496 e. The third kappa shape index (κ3) is 4.46. The molecule has 1 aliphatic heterocycles. The van der Waals surface area contributed by atoms with Crippen molar-refractivity contribution in [3.05, 3.63) is 29.8 Å². The van der Waals surface area contributed by atoms with Crippen molar-refractivity contribution in [2.24, 2.45) is 0 Å². The highest BCUT2D eigenvalue weighted by Crippen LogP contribution is 2.29. The van der Waals surface area contributed by atoms with E-state index >= 15 is 0 Å². The maximum Gasteiger partial charge on any atom is 0.184 e. The average Bonchev–Trinajstić information content (AvgIpc) is 2.64. The Kier molecular flexibility index (Phi) is 7.11. The molecule has 5 unspecified atom stereocenters. The smallest absolute Gasteiger partial charge is 0.184 e. The molecule has 0 saturated carbocycles. The van der Waals surface area contributed by atoms with Crippen LogP contribution in [0.25, 0.3) is 0 Å². The lowest BCUT2D eigenvalue weighted by Crippen LogP contribution is -2.58. The van der Waals surface area contributed by atoms with E-state index in [-0.39, 0.29) is 6.61 Å². The van der Waals surface area contributed by atoms with Gasteiger partial charge in [-0.2, -0.15) is 0 Å². The Hall–Kier alpha value is -1.30. The summed E-state index contributed by atoms with van der Waals surface area (Å²) in [6, 6.07) is 6.68. The highest BCUT2D eigenvalue weighted by molar-refractivity contribution is 5.35. The van der Waals surface area contributed by atoms with Crippen molar-refractivity contribution in [1.29, 1.82) is 0 Å². The first-order valence-corrected chi connectivity index (χ1v) is 7.81. The van der Waals surface area contributed by atoms with Crippen molar-refractivity contribution in [2.45, 2.75) is 42.9 Å². The van der Waals surface area contributed by atoms with Gasteiger partial charge in [0.15, 0.2) is 6.29 Å². The van der Waals surface area contributed by atoms with E-state index in [9.17, 15) is 30.6 Å². The van der Waals surface area contributed by atoms with E-state index in [1.165, 1.54) is 7.11 Å². The number of methoxy groups -OCH3 is 1. The molecule has 1 aromatic carbocycles. The maximum atomic E-state index is 10.4. The van der Waals surface area contributed by atoms with Crippen molar-refractivity contribution in [3.8, 4) is 5.75 Å². The van der Waals surface area contributed by atoms with Gasteiger partial charge >= 0.3 is 0 Å². The quantitative estimate of drug-likeness (QED) is 0.322. The van der Waals surface area contributed by atoms with Crippen LogP contribution in [-0.2, 0) is 9.47 Å². The maximum absolute atomic E-state index is 10.4. The Morgan fingerprint density at radius 2 is 1.76 bits per heavy atom. The molecule has 1 aromatic rings. The molecule has 1 heterocycles. The van der Waals surface area contributed by atoms with Crippen LogP contribution in [0.3, 0.4) is 0 Å². The van der Waals surface area contributed by atoms with E-state index in [0.717, 1.165) is 0 Å². The lowest BCUT2D eigenvalue weighted by Gasteiger charge is -2.38. The Labute approximate surface area is 144 Å². The van der Waals surface area contributed by atoms with Crippen molar-refractivity contribution in [3.63, 3.8) is 0 Å². The zero-order chi connectivity index (χ0) is 18.6. The van der Waals surface area contributed by atoms with Crippen molar-refractivity contribution in [2.75, 3.05) is 20.3 Å². The largest absolute Gasteiger partial charge is 0.496 e. The summed E-state index contributed by atoms with van der Waals surface area (Å²) in [6.45, 7) is -0.866. The molecule has 0 amide bonds. The summed E-state index contributed by atoms with van der Waals surface area (Å²) in [5.41, 5.74) is 0.407. The van der Waals surface area contributed by atoms with E-state index in [1.54, 1.807) is 24.3 Å². The van der Waals surface area contributed by atoms with E-state index in [2.05, 4.69) is 0 Å². The predicted octanol–water partition coefficient (Wildman–Crippen LogP) is -2.09. The van der Waals surface area contributed by atoms with Crippen LogP contribution in [0.4, 0.5) is 0 Å². The number of rotatable bonds is 7. The summed E-state index contributed by atoms with van der Waals surface area (Å²) in [5, 5.41) is 58.4. The molecular formula is C16H24O9. The summed E-state index contributed by atoms with van der Waals surface area (Å²) >= 11 is 0. The van der Waals surface area contributed by atoms with Crippen LogP contribution in [0, 0.1) is 0 Å². The van der Waals surface area contributed by atoms with E-state index in [1.807, 2.05) is 0 Å². The second-order valence-corrected chi connectivity index (χ2v) is 5.78. The van der Waals surface area contributed by atoms with Crippen LogP contribution in [0.5, 0.6) is 5.75 Å². The molecule has 1 aliphatic rings. The molecule has 0 aromatic heterocycles. The molecule has 7 atom stereocenters. The van der Waals surface area contributed by atoms with E-state index in [4.69, 9.17) is 14.2 Å². The number of aliphatic hydroxyl groups excluding tert-OH is 6. The lowest BCUT2D eigenvalue weighted by molar-refractivity contribution is -0.292. The van der Waals surface area contributed by atoms with Gasteiger partial charge in [0.1, 0.15) is 42.4 Å². The standard InChI is InChI=1S/C16H24O9/c1-23-9-5-3-2-4-8(9)12(18)10(6-17)24-7-11-13(19)14(20)15(21)16(22)25-11/h2-5,10-22H,6-7H2,1H3/t10?,11?,12?,13-,14-,15?,16?/m1/s1. The fourth-order valence-electron chi connectivity index (χ4n) is 2.64. The number of benzene rings is 1. The van der Waals surface area contributed by atoms with Crippen LogP contribution >= 0.6 is 0 Å². The molecule has 9 nitrogen and oxygen atoms in total. The van der Waals surface area contributed by atoms with Gasteiger partial charge < -0.3 is 44.8 Å². The van der Waals surface area contributed by atoms with E-state index in [0.29, 0.717) is 11.3 Å². The van der Waals surface area contributed by atoms with Gasteiger partial charge in [-0.3, -0.25) is 0 Å².